The lowest BCUT2D eigenvalue weighted by Crippen LogP contribution is -2.50. The van der Waals surface area contributed by atoms with Crippen molar-refractivity contribution in [2.24, 2.45) is 0 Å². The Morgan fingerprint density at radius 2 is 1.96 bits per heavy atom. The molecule has 9 nitrogen and oxygen atoms in total. The van der Waals surface area contributed by atoms with Crippen LogP contribution in [0.4, 0.5) is 0 Å². The molecule has 9 heteroatoms. The van der Waals surface area contributed by atoms with Gasteiger partial charge in [-0.2, -0.15) is 0 Å². The van der Waals surface area contributed by atoms with Crippen molar-refractivity contribution in [3.63, 3.8) is 0 Å². The van der Waals surface area contributed by atoms with Crippen LogP contribution in [0.1, 0.15) is 5.56 Å². The van der Waals surface area contributed by atoms with Gasteiger partial charge in [0.2, 0.25) is 18.2 Å². The Bertz CT molecular complexity index is 786. The first-order valence-corrected chi connectivity index (χ1v) is 7.52. The fraction of sp³-hybridized carbons (Fsp3) is 0.250. The minimum Gasteiger partial charge on any atom is -0.480 e. The molecule has 1 aromatic heterocycles. The van der Waals surface area contributed by atoms with Gasteiger partial charge in [0.05, 0.1) is 6.54 Å². The van der Waals surface area contributed by atoms with Crippen LogP contribution in [-0.2, 0) is 25.6 Å². The van der Waals surface area contributed by atoms with Gasteiger partial charge in [0.25, 0.3) is 0 Å². The minimum atomic E-state index is -1.19. The van der Waals surface area contributed by atoms with E-state index < -0.39 is 30.4 Å². The topological polar surface area (TPSA) is 140 Å². The van der Waals surface area contributed by atoms with Crippen LogP contribution in [0.5, 0.6) is 0 Å². The maximum atomic E-state index is 12.2. The SMILES string of the molecule is O=CNCC(=O)NC(Cc1c[nH]c2ccccc12)C(=O)NCC(=O)O. The van der Waals surface area contributed by atoms with Crippen LogP contribution in [-0.4, -0.2) is 53.4 Å². The third-order valence-electron chi connectivity index (χ3n) is 3.51. The number of carboxylic acid groups (broad SMARTS) is 1. The molecule has 0 radical (unpaired) electrons. The number of benzene rings is 1. The average Bonchev–Trinajstić information content (AvgIpc) is 3.00. The summed E-state index contributed by atoms with van der Waals surface area (Å²) in [5, 5.41) is 16.5. The van der Waals surface area contributed by atoms with Crippen molar-refractivity contribution in [2.45, 2.75) is 12.5 Å². The van der Waals surface area contributed by atoms with E-state index in [4.69, 9.17) is 5.11 Å². The molecule has 0 aliphatic rings. The van der Waals surface area contributed by atoms with Gasteiger partial charge in [0, 0.05) is 23.5 Å². The molecule has 25 heavy (non-hydrogen) atoms. The number of carbonyl (C=O) groups excluding carboxylic acids is 3. The summed E-state index contributed by atoms with van der Waals surface area (Å²) < 4.78 is 0. The van der Waals surface area contributed by atoms with E-state index in [9.17, 15) is 19.2 Å². The first-order chi connectivity index (χ1) is 12.0. The highest BCUT2D eigenvalue weighted by atomic mass is 16.4. The summed E-state index contributed by atoms with van der Waals surface area (Å²) in [6, 6.07) is 6.51. The number of hydrogen-bond acceptors (Lipinski definition) is 4. The molecule has 0 bridgehead atoms. The van der Waals surface area contributed by atoms with Crippen LogP contribution in [0.25, 0.3) is 10.9 Å². The van der Waals surface area contributed by atoms with Crippen LogP contribution in [0.15, 0.2) is 30.5 Å². The molecule has 0 saturated carbocycles. The molecule has 1 atom stereocenters. The monoisotopic (exact) mass is 346 g/mol. The second kappa shape index (κ2) is 8.48. The molecule has 1 aromatic carbocycles. The summed E-state index contributed by atoms with van der Waals surface area (Å²) in [6.45, 7) is -0.828. The van der Waals surface area contributed by atoms with Crippen LogP contribution in [0, 0.1) is 0 Å². The number of aliphatic carboxylic acids is 1. The number of amides is 3. The number of para-hydroxylation sites is 1. The number of hydrogen-bond donors (Lipinski definition) is 5. The second-order valence-corrected chi connectivity index (χ2v) is 5.29. The first-order valence-electron chi connectivity index (χ1n) is 7.52. The Kier molecular flexibility index (Phi) is 6.10. The van der Waals surface area contributed by atoms with Crippen molar-refractivity contribution in [1.29, 1.82) is 0 Å². The highest BCUT2D eigenvalue weighted by molar-refractivity contribution is 5.91. The van der Waals surface area contributed by atoms with Crippen molar-refractivity contribution < 1.29 is 24.3 Å². The van der Waals surface area contributed by atoms with Crippen LogP contribution < -0.4 is 16.0 Å². The summed E-state index contributed by atoms with van der Waals surface area (Å²) in [5.41, 5.74) is 1.69. The predicted molar refractivity (Wildman–Crippen MR) is 88.6 cm³/mol. The Morgan fingerprint density at radius 3 is 2.68 bits per heavy atom. The summed E-state index contributed by atoms with van der Waals surface area (Å²) in [7, 11) is 0. The van der Waals surface area contributed by atoms with E-state index in [0.717, 1.165) is 16.5 Å². The standard InChI is InChI=1S/C16H18N4O5/c21-9-17-7-14(22)20-13(16(25)19-8-15(23)24)5-10-6-18-12-4-2-1-3-11(10)12/h1-4,6,9,13,18H,5,7-8H2,(H,17,21)(H,19,25)(H,20,22)(H,23,24). The van der Waals surface area contributed by atoms with Crippen molar-refractivity contribution in [3.05, 3.63) is 36.0 Å². The number of aromatic nitrogens is 1. The highest BCUT2D eigenvalue weighted by Crippen LogP contribution is 2.19. The smallest absolute Gasteiger partial charge is 0.322 e. The van der Waals surface area contributed by atoms with Crippen molar-refractivity contribution >= 4 is 35.1 Å². The summed E-state index contributed by atoms with van der Waals surface area (Å²) in [5.74, 6) is -2.36. The van der Waals surface area contributed by atoms with E-state index >= 15 is 0 Å². The average molecular weight is 346 g/mol. The fourth-order valence-electron chi connectivity index (χ4n) is 2.40. The molecule has 0 spiro atoms. The Labute approximate surface area is 142 Å². The Balaban J connectivity index is 2.14. The zero-order chi connectivity index (χ0) is 18.2. The first kappa shape index (κ1) is 18.0. The number of carbonyl (C=O) groups is 4. The predicted octanol–water partition coefficient (Wildman–Crippen LogP) is -0.858. The van der Waals surface area contributed by atoms with Gasteiger partial charge in [-0.15, -0.1) is 0 Å². The molecule has 5 N–H and O–H groups in total. The third-order valence-corrected chi connectivity index (χ3v) is 3.51. The van der Waals surface area contributed by atoms with Gasteiger partial charge in [0.15, 0.2) is 0 Å². The number of rotatable bonds is 9. The van der Waals surface area contributed by atoms with Gasteiger partial charge in [-0.25, -0.2) is 0 Å². The molecule has 0 saturated heterocycles. The lowest BCUT2D eigenvalue weighted by atomic mass is 10.0. The number of nitrogens with one attached hydrogen (secondary N) is 4. The van der Waals surface area contributed by atoms with Gasteiger partial charge in [-0.05, 0) is 11.6 Å². The van der Waals surface area contributed by atoms with Gasteiger partial charge < -0.3 is 26.0 Å². The molecular formula is C16H18N4O5. The molecule has 0 aliphatic heterocycles. The molecule has 1 unspecified atom stereocenters. The lowest BCUT2D eigenvalue weighted by molar-refractivity contribution is -0.138. The number of fused-ring (bicyclic) bond motifs is 1. The van der Waals surface area contributed by atoms with E-state index in [0.29, 0.717) is 6.41 Å². The molecule has 2 rings (SSSR count). The second-order valence-electron chi connectivity index (χ2n) is 5.29. The van der Waals surface area contributed by atoms with Crippen LogP contribution in [0.3, 0.4) is 0 Å². The van der Waals surface area contributed by atoms with Crippen LogP contribution >= 0.6 is 0 Å². The summed E-state index contributed by atoms with van der Waals surface area (Å²) in [6.07, 6.45) is 2.28. The van der Waals surface area contributed by atoms with Gasteiger partial charge >= 0.3 is 5.97 Å². The lowest BCUT2D eigenvalue weighted by Gasteiger charge is -2.17. The normalized spacial score (nSPS) is 11.5. The fourth-order valence-corrected chi connectivity index (χ4v) is 2.40. The van der Waals surface area contributed by atoms with Gasteiger partial charge in [0.1, 0.15) is 12.6 Å². The minimum absolute atomic E-state index is 0.169. The number of H-pyrrole nitrogens is 1. The Hall–Kier alpha value is -3.36. The quantitative estimate of drug-likeness (QED) is 0.376. The van der Waals surface area contributed by atoms with Crippen molar-refractivity contribution in [2.75, 3.05) is 13.1 Å². The molecule has 2 aromatic rings. The van der Waals surface area contributed by atoms with Crippen molar-refractivity contribution in [3.8, 4) is 0 Å². The third kappa shape index (κ3) is 5.06. The van der Waals surface area contributed by atoms with Gasteiger partial charge in [-0.3, -0.25) is 19.2 Å². The molecule has 0 aliphatic carbocycles. The van der Waals surface area contributed by atoms with Gasteiger partial charge in [-0.1, -0.05) is 18.2 Å². The maximum absolute atomic E-state index is 12.2. The maximum Gasteiger partial charge on any atom is 0.322 e. The van der Waals surface area contributed by atoms with E-state index in [-0.39, 0.29) is 13.0 Å². The Morgan fingerprint density at radius 1 is 1.20 bits per heavy atom. The number of aromatic amines is 1. The van der Waals surface area contributed by atoms with E-state index in [1.165, 1.54) is 0 Å². The summed E-state index contributed by atoms with van der Waals surface area (Å²) >= 11 is 0. The zero-order valence-corrected chi connectivity index (χ0v) is 13.2. The van der Waals surface area contributed by atoms with E-state index in [1.807, 2.05) is 24.3 Å². The highest BCUT2D eigenvalue weighted by Gasteiger charge is 2.22. The molecule has 0 fully saturated rings. The molecule has 1 heterocycles. The van der Waals surface area contributed by atoms with Crippen LogP contribution in [0.2, 0.25) is 0 Å². The van der Waals surface area contributed by atoms with E-state index in [2.05, 4.69) is 20.9 Å². The number of carboxylic acids is 1. The molecular weight excluding hydrogens is 328 g/mol. The molecule has 132 valence electrons. The molecule has 3 amide bonds. The van der Waals surface area contributed by atoms with Crippen molar-refractivity contribution in [1.82, 2.24) is 20.9 Å². The largest absolute Gasteiger partial charge is 0.480 e. The summed E-state index contributed by atoms with van der Waals surface area (Å²) in [4.78, 5) is 48.0. The van der Waals surface area contributed by atoms with E-state index in [1.54, 1.807) is 6.20 Å². The zero-order valence-electron chi connectivity index (χ0n) is 13.2.